The molecule has 0 aliphatic heterocycles. The average molecular weight is 313 g/mol. The van der Waals surface area contributed by atoms with Crippen molar-refractivity contribution in [3.8, 4) is 11.5 Å². The summed E-state index contributed by atoms with van der Waals surface area (Å²) in [4.78, 5) is 19.1. The van der Waals surface area contributed by atoms with Gasteiger partial charge in [-0.25, -0.2) is 4.98 Å². The molecule has 0 bridgehead atoms. The number of aryl methyl sites for hydroxylation is 1. The van der Waals surface area contributed by atoms with E-state index in [1.165, 1.54) is 7.11 Å². The minimum absolute atomic E-state index is 0.170. The number of ether oxygens (including phenoxy) is 2. The molecule has 0 unspecified atom stereocenters. The van der Waals surface area contributed by atoms with Crippen molar-refractivity contribution < 1.29 is 9.47 Å². The zero-order chi connectivity index (χ0) is 13.1. The number of methoxy groups -OCH3 is 2. The SMILES string of the molecule is COc1cc2nc(CCBr)[nH]c(=O)c2cc1OC. The highest BCUT2D eigenvalue weighted by Crippen LogP contribution is 2.29. The third kappa shape index (κ3) is 2.33. The fraction of sp³-hybridized carbons (Fsp3) is 0.333. The number of aromatic nitrogens is 2. The van der Waals surface area contributed by atoms with Gasteiger partial charge in [-0.2, -0.15) is 0 Å². The standard InChI is InChI=1S/C12H13BrN2O3/c1-17-9-5-7-8(6-10(9)18-2)14-11(3-4-13)15-12(7)16/h5-6H,3-4H2,1-2H3,(H,14,15,16). The number of alkyl halides is 1. The third-order valence-corrected chi connectivity index (χ3v) is 2.99. The highest BCUT2D eigenvalue weighted by atomic mass is 79.9. The van der Waals surface area contributed by atoms with Gasteiger partial charge in [0.25, 0.3) is 5.56 Å². The molecule has 0 radical (unpaired) electrons. The summed E-state index contributed by atoms with van der Waals surface area (Å²) in [5, 5.41) is 1.24. The number of aromatic amines is 1. The quantitative estimate of drug-likeness (QED) is 0.875. The molecule has 0 amide bonds. The van der Waals surface area contributed by atoms with Gasteiger partial charge in [0.05, 0.1) is 25.1 Å². The second kappa shape index (κ2) is 5.39. The van der Waals surface area contributed by atoms with Gasteiger partial charge < -0.3 is 14.5 Å². The molecule has 1 heterocycles. The van der Waals surface area contributed by atoms with Gasteiger partial charge in [0.15, 0.2) is 11.5 Å². The number of rotatable bonds is 4. The molecule has 1 aromatic heterocycles. The van der Waals surface area contributed by atoms with Crippen LogP contribution in [0, 0.1) is 0 Å². The summed E-state index contributed by atoms with van der Waals surface area (Å²) in [5.74, 6) is 1.73. The van der Waals surface area contributed by atoms with Gasteiger partial charge >= 0.3 is 0 Å². The number of halogens is 1. The molecule has 0 aliphatic rings. The van der Waals surface area contributed by atoms with Crippen LogP contribution in [-0.2, 0) is 6.42 Å². The van der Waals surface area contributed by atoms with E-state index < -0.39 is 0 Å². The first-order chi connectivity index (χ1) is 8.69. The maximum Gasteiger partial charge on any atom is 0.258 e. The van der Waals surface area contributed by atoms with Gasteiger partial charge in [-0.1, -0.05) is 15.9 Å². The van der Waals surface area contributed by atoms with E-state index in [0.29, 0.717) is 34.6 Å². The Kier molecular flexibility index (Phi) is 3.86. The first-order valence-corrected chi connectivity index (χ1v) is 6.52. The molecule has 0 saturated heterocycles. The summed E-state index contributed by atoms with van der Waals surface area (Å²) in [7, 11) is 3.08. The highest BCUT2D eigenvalue weighted by Gasteiger charge is 2.10. The normalized spacial score (nSPS) is 10.6. The summed E-state index contributed by atoms with van der Waals surface area (Å²) < 4.78 is 10.4. The van der Waals surface area contributed by atoms with Gasteiger partial charge in [-0.3, -0.25) is 4.79 Å². The van der Waals surface area contributed by atoms with Crippen LogP contribution in [0.3, 0.4) is 0 Å². The maximum absolute atomic E-state index is 11.9. The lowest BCUT2D eigenvalue weighted by molar-refractivity contribution is 0.355. The molecule has 0 fully saturated rings. The Hall–Kier alpha value is -1.56. The van der Waals surface area contributed by atoms with Gasteiger partial charge in [-0.05, 0) is 6.07 Å². The van der Waals surface area contributed by atoms with Crippen molar-refractivity contribution in [1.29, 1.82) is 0 Å². The van der Waals surface area contributed by atoms with Crippen LogP contribution >= 0.6 is 15.9 Å². The fourth-order valence-electron chi connectivity index (χ4n) is 1.72. The molecule has 0 saturated carbocycles. The lowest BCUT2D eigenvalue weighted by atomic mass is 10.2. The number of hydrogen-bond donors (Lipinski definition) is 1. The summed E-state index contributed by atoms with van der Waals surface area (Å²) in [5.41, 5.74) is 0.434. The average Bonchev–Trinajstić information content (AvgIpc) is 2.37. The first kappa shape index (κ1) is 12.9. The molecular weight excluding hydrogens is 300 g/mol. The minimum Gasteiger partial charge on any atom is -0.493 e. The smallest absolute Gasteiger partial charge is 0.258 e. The van der Waals surface area contributed by atoms with Crippen molar-refractivity contribution in [2.75, 3.05) is 19.5 Å². The van der Waals surface area contributed by atoms with Crippen molar-refractivity contribution in [2.45, 2.75) is 6.42 Å². The van der Waals surface area contributed by atoms with Crippen molar-refractivity contribution in [3.63, 3.8) is 0 Å². The number of nitrogens with one attached hydrogen (secondary N) is 1. The van der Waals surface area contributed by atoms with Crippen LogP contribution in [0.1, 0.15) is 5.82 Å². The van der Waals surface area contributed by atoms with E-state index in [1.807, 2.05) is 0 Å². The number of fused-ring (bicyclic) bond motifs is 1. The van der Waals surface area contributed by atoms with Crippen LogP contribution < -0.4 is 15.0 Å². The van der Waals surface area contributed by atoms with Crippen LogP contribution in [0.25, 0.3) is 10.9 Å². The van der Waals surface area contributed by atoms with Crippen LogP contribution in [-0.4, -0.2) is 29.5 Å². The van der Waals surface area contributed by atoms with E-state index in [0.717, 1.165) is 5.33 Å². The highest BCUT2D eigenvalue weighted by molar-refractivity contribution is 9.09. The number of nitrogens with zero attached hydrogens (tertiary/aromatic N) is 1. The summed E-state index contributed by atoms with van der Waals surface area (Å²) in [6.45, 7) is 0. The second-order valence-corrected chi connectivity index (χ2v) is 4.47. The van der Waals surface area contributed by atoms with Crippen molar-refractivity contribution in [1.82, 2.24) is 9.97 Å². The Labute approximate surface area is 112 Å². The molecule has 2 aromatic rings. The summed E-state index contributed by atoms with van der Waals surface area (Å²) in [6.07, 6.45) is 0.666. The number of H-pyrrole nitrogens is 1. The first-order valence-electron chi connectivity index (χ1n) is 5.40. The third-order valence-electron chi connectivity index (χ3n) is 2.59. The van der Waals surface area contributed by atoms with Crippen molar-refractivity contribution in [3.05, 3.63) is 28.3 Å². The molecule has 96 valence electrons. The Balaban J connectivity index is 2.68. The van der Waals surface area contributed by atoms with E-state index >= 15 is 0 Å². The van der Waals surface area contributed by atoms with E-state index in [-0.39, 0.29) is 5.56 Å². The predicted molar refractivity (Wildman–Crippen MR) is 73.0 cm³/mol. The molecule has 5 nitrogen and oxygen atoms in total. The fourth-order valence-corrected chi connectivity index (χ4v) is 2.10. The Morgan fingerprint density at radius 3 is 2.56 bits per heavy atom. The van der Waals surface area contributed by atoms with E-state index in [9.17, 15) is 4.79 Å². The van der Waals surface area contributed by atoms with Crippen molar-refractivity contribution >= 4 is 26.8 Å². The molecule has 18 heavy (non-hydrogen) atoms. The Morgan fingerprint density at radius 2 is 1.94 bits per heavy atom. The predicted octanol–water partition coefficient (Wildman–Crippen LogP) is 1.88. The van der Waals surface area contributed by atoms with Gasteiger partial charge in [-0.15, -0.1) is 0 Å². The minimum atomic E-state index is -0.170. The summed E-state index contributed by atoms with van der Waals surface area (Å²) in [6, 6.07) is 3.35. The van der Waals surface area contributed by atoms with E-state index in [2.05, 4.69) is 25.9 Å². The van der Waals surface area contributed by atoms with E-state index in [4.69, 9.17) is 9.47 Å². The summed E-state index contributed by atoms with van der Waals surface area (Å²) >= 11 is 3.32. The van der Waals surface area contributed by atoms with Crippen molar-refractivity contribution in [2.24, 2.45) is 0 Å². The molecule has 2 rings (SSSR count). The van der Waals surface area contributed by atoms with Crippen LogP contribution in [0.4, 0.5) is 0 Å². The Bertz CT molecular complexity index is 624. The topological polar surface area (TPSA) is 64.2 Å². The van der Waals surface area contributed by atoms with Gasteiger partial charge in [0.2, 0.25) is 0 Å². The van der Waals surface area contributed by atoms with Gasteiger partial charge in [0, 0.05) is 17.8 Å². The van der Waals surface area contributed by atoms with Crippen LogP contribution in [0.15, 0.2) is 16.9 Å². The number of benzene rings is 1. The maximum atomic E-state index is 11.9. The Morgan fingerprint density at radius 1 is 1.28 bits per heavy atom. The molecule has 0 spiro atoms. The molecule has 1 N–H and O–H groups in total. The zero-order valence-corrected chi connectivity index (χ0v) is 11.7. The van der Waals surface area contributed by atoms with Crippen LogP contribution in [0.2, 0.25) is 0 Å². The largest absolute Gasteiger partial charge is 0.493 e. The van der Waals surface area contributed by atoms with Crippen LogP contribution in [0.5, 0.6) is 11.5 Å². The lowest BCUT2D eigenvalue weighted by Crippen LogP contribution is -2.12. The molecule has 0 atom stereocenters. The number of hydrogen-bond acceptors (Lipinski definition) is 4. The molecular formula is C12H13BrN2O3. The zero-order valence-electron chi connectivity index (χ0n) is 10.1. The van der Waals surface area contributed by atoms with Gasteiger partial charge in [0.1, 0.15) is 5.82 Å². The molecule has 6 heteroatoms. The lowest BCUT2D eigenvalue weighted by Gasteiger charge is -2.09. The monoisotopic (exact) mass is 312 g/mol. The molecule has 1 aromatic carbocycles. The molecule has 0 aliphatic carbocycles. The van der Waals surface area contributed by atoms with E-state index in [1.54, 1.807) is 19.2 Å². The second-order valence-electron chi connectivity index (χ2n) is 3.68.